The minimum Gasteiger partial charge on any atom is -0.480 e. The summed E-state index contributed by atoms with van der Waals surface area (Å²) < 4.78 is 0. The minimum atomic E-state index is -0.858. The number of hydrogen-bond donors (Lipinski definition) is 2. The van der Waals surface area contributed by atoms with Gasteiger partial charge in [0, 0.05) is 11.1 Å². The Morgan fingerprint density at radius 2 is 2.00 bits per heavy atom. The second-order valence-corrected chi connectivity index (χ2v) is 5.72. The van der Waals surface area contributed by atoms with Gasteiger partial charge in [-0.25, -0.2) is 0 Å². The van der Waals surface area contributed by atoms with Crippen LogP contribution in [0.4, 0.5) is 0 Å². The zero-order valence-electron chi connectivity index (χ0n) is 11.4. The Morgan fingerprint density at radius 3 is 2.71 bits per heavy atom. The maximum Gasteiger partial charge on any atom is 0.325 e. The molecule has 0 aromatic heterocycles. The van der Waals surface area contributed by atoms with Crippen LogP contribution in [-0.4, -0.2) is 11.1 Å². The lowest BCUT2D eigenvalue weighted by Gasteiger charge is -2.21. The molecule has 0 spiro atoms. The molecule has 0 heterocycles. The molecule has 0 aliphatic heterocycles. The van der Waals surface area contributed by atoms with Gasteiger partial charge in [0.05, 0.1) is 0 Å². The van der Waals surface area contributed by atoms with E-state index < -0.39 is 12.0 Å². The Morgan fingerprint density at radius 1 is 1.24 bits per heavy atom. The maximum atomic E-state index is 11.6. The number of hydrogen-bond acceptors (Lipinski definition) is 2. The number of rotatable bonds is 4. The number of halogens is 1. The van der Waals surface area contributed by atoms with Gasteiger partial charge in [0.2, 0.25) is 0 Å². The Balaban J connectivity index is 1.85. The van der Waals surface area contributed by atoms with Crippen LogP contribution in [0.25, 0.3) is 0 Å². The topological polar surface area (TPSA) is 49.3 Å². The van der Waals surface area contributed by atoms with Crippen molar-refractivity contribution in [3.8, 4) is 0 Å². The zero-order valence-corrected chi connectivity index (χ0v) is 12.2. The molecule has 3 nitrogen and oxygen atoms in total. The van der Waals surface area contributed by atoms with Gasteiger partial charge in [0.15, 0.2) is 0 Å². The van der Waals surface area contributed by atoms with Crippen molar-refractivity contribution < 1.29 is 9.90 Å². The van der Waals surface area contributed by atoms with Gasteiger partial charge < -0.3 is 5.11 Å². The van der Waals surface area contributed by atoms with Crippen molar-refractivity contribution in [1.29, 1.82) is 0 Å². The molecule has 108 valence electrons. The van der Waals surface area contributed by atoms with E-state index in [4.69, 9.17) is 11.6 Å². The summed E-state index contributed by atoms with van der Waals surface area (Å²) in [6, 6.07) is 14.4. The predicted octanol–water partition coefficient (Wildman–Crippen LogP) is 3.74. The quantitative estimate of drug-likeness (QED) is 0.904. The second-order valence-electron chi connectivity index (χ2n) is 5.28. The lowest BCUT2D eigenvalue weighted by atomic mass is 10.0. The van der Waals surface area contributed by atoms with Crippen molar-refractivity contribution in [2.45, 2.75) is 24.9 Å². The molecule has 0 amide bonds. The third-order valence-electron chi connectivity index (χ3n) is 3.93. The number of carboxylic acids is 1. The van der Waals surface area contributed by atoms with Gasteiger partial charge in [0.1, 0.15) is 6.04 Å². The Kier molecular flexibility index (Phi) is 3.95. The molecule has 2 N–H and O–H groups in total. The fourth-order valence-corrected chi connectivity index (χ4v) is 3.11. The summed E-state index contributed by atoms with van der Waals surface area (Å²) in [5, 5.41) is 13.5. The highest BCUT2D eigenvalue weighted by Gasteiger charge is 2.28. The van der Waals surface area contributed by atoms with Crippen molar-refractivity contribution >= 4 is 17.6 Å². The number of fused-ring (bicyclic) bond motifs is 1. The molecule has 2 aromatic carbocycles. The molecule has 2 unspecified atom stereocenters. The average Bonchev–Trinajstić information content (AvgIpc) is 2.87. The van der Waals surface area contributed by atoms with Crippen LogP contribution >= 0.6 is 11.6 Å². The van der Waals surface area contributed by atoms with E-state index in [1.807, 2.05) is 48.5 Å². The Hall–Kier alpha value is -1.84. The van der Waals surface area contributed by atoms with Gasteiger partial charge in [-0.1, -0.05) is 48.0 Å². The highest BCUT2D eigenvalue weighted by Crippen LogP contribution is 2.34. The maximum absolute atomic E-state index is 11.6. The summed E-state index contributed by atoms with van der Waals surface area (Å²) in [5.41, 5.74) is 3.13. The van der Waals surface area contributed by atoms with Crippen LogP contribution in [0.2, 0.25) is 5.02 Å². The second kappa shape index (κ2) is 5.88. The SMILES string of the molecule is O=C(O)C(NC1CCc2cc(Cl)ccc21)c1ccccc1. The smallest absolute Gasteiger partial charge is 0.325 e. The van der Waals surface area contributed by atoms with E-state index in [-0.39, 0.29) is 6.04 Å². The number of nitrogens with one attached hydrogen (secondary N) is 1. The summed E-state index contributed by atoms with van der Waals surface area (Å²) in [6.07, 6.45) is 1.82. The van der Waals surface area contributed by atoms with E-state index in [0.29, 0.717) is 0 Å². The van der Waals surface area contributed by atoms with Crippen molar-refractivity contribution in [2.24, 2.45) is 0 Å². The summed E-state index contributed by atoms with van der Waals surface area (Å²) in [6.45, 7) is 0. The van der Waals surface area contributed by atoms with E-state index in [1.54, 1.807) is 0 Å². The van der Waals surface area contributed by atoms with Gasteiger partial charge >= 0.3 is 5.97 Å². The molecule has 0 radical (unpaired) electrons. The molecule has 21 heavy (non-hydrogen) atoms. The molecule has 0 saturated heterocycles. The number of carboxylic acid groups (broad SMARTS) is 1. The number of aryl methyl sites for hydroxylation is 1. The molecular weight excluding hydrogens is 286 g/mol. The van der Waals surface area contributed by atoms with Gasteiger partial charge in [-0.3, -0.25) is 10.1 Å². The van der Waals surface area contributed by atoms with Crippen LogP contribution in [0.15, 0.2) is 48.5 Å². The molecule has 4 heteroatoms. The van der Waals surface area contributed by atoms with Crippen molar-refractivity contribution in [3.63, 3.8) is 0 Å². The number of aliphatic carboxylic acids is 1. The van der Waals surface area contributed by atoms with E-state index in [1.165, 1.54) is 5.56 Å². The molecule has 1 aliphatic rings. The first-order chi connectivity index (χ1) is 10.1. The summed E-state index contributed by atoms with van der Waals surface area (Å²) in [4.78, 5) is 11.6. The molecule has 1 aliphatic carbocycles. The van der Waals surface area contributed by atoms with E-state index in [0.717, 1.165) is 29.0 Å². The fourth-order valence-electron chi connectivity index (χ4n) is 2.92. The fraction of sp³-hybridized carbons (Fsp3) is 0.235. The summed E-state index contributed by atoms with van der Waals surface area (Å²) >= 11 is 6.01. The largest absolute Gasteiger partial charge is 0.480 e. The first kappa shape index (κ1) is 14.1. The first-order valence-corrected chi connectivity index (χ1v) is 7.35. The van der Waals surface area contributed by atoms with Gasteiger partial charge in [0.25, 0.3) is 0 Å². The van der Waals surface area contributed by atoms with Gasteiger partial charge in [-0.05, 0) is 41.7 Å². The molecule has 0 fully saturated rings. The highest BCUT2D eigenvalue weighted by atomic mass is 35.5. The summed E-state index contributed by atoms with van der Waals surface area (Å²) in [5.74, 6) is -0.858. The summed E-state index contributed by atoms with van der Waals surface area (Å²) in [7, 11) is 0. The molecule has 0 saturated carbocycles. The van der Waals surface area contributed by atoms with Crippen molar-refractivity contribution in [2.75, 3.05) is 0 Å². The Labute approximate surface area is 128 Å². The lowest BCUT2D eigenvalue weighted by molar-refractivity contribution is -0.139. The molecular formula is C17H16ClNO2. The molecule has 2 aromatic rings. The standard InChI is InChI=1S/C17H16ClNO2/c18-13-7-8-14-12(10-13)6-9-15(14)19-16(17(20)21)11-4-2-1-3-5-11/h1-5,7-8,10,15-16,19H,6,9H2,(H,20,21). The predicted molar refractivity (Wildman–Crippen MR) is 82.5 cm³/mol. The van der Waals surface area contributed by atoms with E-state index in [9.17, 15) is 9.90 Å². The van der Waals surface area contributed by atoms with Crippen molar-refractivity contribution in [1.82, 2.24) is 5.32 Å². The molecule has 2 atom stereocenters. The van der Waals surface area contributed by atoms with Crippen LogP contribution < -0.4 is 5.32 Å². The third kappa shape index (κ3) is 2.94. The average molecular weight is 302 g/mol. The van der Waals surface area contributed by atoms with Crippen LogP contribution in [-0.2, 0) is 11.2 Å². The monoisotopic (exact) mass is 301 g/mol. The third-order valence-corrected chi connectivity index (χ3v) is 4.17. The molecule has 0 bridgehead atoms. The van der Waals surface area contributed by atoms with Gasteiger partial charge in [-0.15, -0.1) is 0 Å². The Bertz CT molecular complexity index is 657. The molecule has 3 rings (SSSR count). The number of benzene rings is 2. The van der Waals surface area contributed by atoms with Crippen molar-refractivity contribution in [3.05, 3.63) is 70.2 Å². The lowest BCUT2D eigenvalue weighted by Crippen LogP contribution is -2.31. The van der Waals surface area contributed by atoms with Crippen LogP contribution in [0.3, 0.4) is 0 Å². The highest BCUT2D eigenvalue weighted by molar-refractivity contribution is 6.30. The van der Waals surface area contributed by atoms with E-state index >= 15 is 0 Å². The van der Waals surface area contributed by atoms with Crippen LogP contribution in [0.1, 0.15) is 35.2 Å². The number of carbonyl (C=O) groups is 1. The first-order valence-electron chi connectivity index (χ1n) is 6.97. The van der Waals surface area contributed by atoms with E-state index in [2.05, 4.69) is 5.32 Å². The van der Waals surface area contributed by atoms with Crippen LogP contribution in [0, 0.1) is 0 Å². The van der Waals surface area contributed by atoms with Gasteiger partial charge in [-0.2, -0.15) is 0 Å². The normalized spacial score (nSPS) is 18.2. The van der Waals surface area contributed by atoms with Crippen LogP contribution in [0.5, 0.6) is 0 Å². The zero-order chi connectivity index (χ0) is 14.8. The minimum absolute atomic E-state index is 0.0542.